The Hall–Kier alpha value is -1.19. The third kappa shape index (κ3) is 2.98. The van der Waals surface area contributed by atoms with Crippen LogP contribution in [0.25, 0.3) is 0 Å². The fraction of sp³-hybridized carbons (Fsp3) is 0.267. The van der Waals surface area contributed by atoms with E-state index in [1.807, 2.05) is 31.3 Å². The van der Waals surface area contributed by atoms with Crippen LogP contribution >= 0.6 is 15.9 Å². The molecule has 0 saturated carbocycles. The first-order valence-electron chi connectivity index (χ1n) is 6.00. The number of halogens is 1. The van der Waals surface area contributed by atoms with Crippen LogP contribution in [0, 0.1) is 13.8 Å². The predicted octanol–water partition coefficient (Wildman–Crippen LogP) is 3.70. The summed E-state index contributed by atoms with van der Waals surface area (Å²) in [6.07, 6.45) is 2.65. The summed E-state index contributed by atoms with van der Waals surface area (Å²) in [5, 5.41) is 0. The summed E-state index contributed by atoms with van der Waals surface area (Å²) < 4.78 is 1.10. The summed E-state index contributed by atoms with van der Waals surface area (Å²) in [5.74, 6) is 0. The first-order chi connectivity index (χ1) is 8.58. The summed E-state index contributed by atoms with van der Waals surface area (Å²) in [7, 11) is 0. The van der Waals surface area contributed by atoms with Gasteiger partial charge in [-0.15, -0.1) is 0 Å². The molecule has 0 aliphatic carbocycles. The molecule has 1 heterocycles. The SMILES string of the molecule is Cc1ccc(CC(N)c2cccc(Br)c2C)nc1. The van der Waals surface area contributed by atoms with Gasteiger partial charge in [0.05, 0.1) is 0 Å². The van der Waals surface area contributed by atoms with Gasteiger partial charge in [-0.25, -0.2) is 0 Å². The van der Waals surface area contributed by atoms with Gasteiger partial charge in [-0.05, 0) is 42.7 Å². The highest BCUT2D eigenvalue weighted by Crippen LogP contribution is 2.25. The van der Waals surface area contributed by atoms with Gasteiger partial charge in [0.25, 0.3) is 0 Å². The van der Waals surface area contributed by atoms with Crippen LogP contribution < -0.4 is 5.73 Å². The summed E-state index contributed by atoms with van der Waals surface area (Å²) >= 11 is 3.54. The second kappa shape index (κ2) is 5.63. The molecule has 0 spiro atoms. The zero-order valence-corrected chi connectivity index (χ0v) is 12.2. The van der Waals surface area contributed by atoms with E-state index in [1.54, 1.807) is 0 Å². The summed E-state index contributed by atoms with van der Waals surface area (Å²) in [5.41, 5.74) is 10.9. The summed E-state index contributed by atoms with van der Waals surface area (Å²) in [6.45, 7) is 4.12. The van der Waals surface area contributed by atoms with Gasteiger partial charge in [0.15, 0.2) is 0 Å². The molecule has 2 rings (SSSR count). The van der Waals surface area contributed by atoms with Crippen molar-refractivity contribution >= 4 is 15.9 Å². The van der Waals surface area contributed by atoms with E-state index in [1.165, 1.54) is 16.7 Å². The van der Waals surface area contributed by atoms with E-state index in [0.717, 1.165) is 16.6 Å². The van der Waals surface area contributed by atoms with Crippen LogP contribution in [0.5, 0.6) is 0 Å². The first kappa shape index (κ1) is 13.2. The molecule has 0 fully saturated rings. The van der Waals surface area contributed by atoms with E-state index in [-0.39, 0.29) is 6.04 Å². The average molecular weight is 305 g/mol. The first-order valence-corrected chi connectivity index (χ1v) is 6.79. The third-order valence-electron chi connectivity index (χ3n) is 3.11. The van der Waals surface area contributed by atoms with Crippen molar-refractivity contribution in [3.63, 3.8) is 0 Å². The van der Waals surface area contributed by atoms with Crippen molar-refractivity contribution in [2.45, 2.75) is 26.3 Å². The number of rotatable bonds is 3. The molecule has 0 aliphatic rings. The number of pyridine rings is 1. The van der Waals surface area contributed by atoms with Gasteiger partial charge < -0.3 is 5.73 Å². The molecule has 2 N–H and O–H groups in total. The monoisotopic (exact) mass is 304 g/mol. The molecule has 1 aromatic heterocycles. The molecule has 2 nitrogen and oxygen atoms in total. The second-order valence-corrected chi connectivity index (χ2v) is 5.45. The second-order valence-electron chi connectivity index (χ2n) is 4.59. The largest absolute Gasteiger partial charge is 0.324 e. The highest BCUT2D eigenvalue weighted by atomic mass is 79.9. The van der Waals surface area contributed by atoms with Crippen molar-refractivity contribution in [3.05, 3.63) is 63.4 Å². The molecular formula is C15H17BrN2. The fourth-order valence-corrected chi connectivity index (χ4v) is 2.36. The summed E-state index contributed by atoms with van der Waals surface area (Å²) in [6, 6.07) is 10.2. The lowest BCUT2D eigenvalue weighted by Crippen LogP contribution is -2.15. The minimum absolute atomic E-state index is 0.0160. The maximum atomic E-state index is 6.27. The number of aryl methyl sites for hydroxylation is 1. The number of hydrogen-bond acceptors (Lipinski definition) is 2. The minimum Gasteiger partial charge on any atom is -0.324 e. The average Bonchev–Trinajstić information content (AvgIpc) is 2.35. The standard InChI is InChI=1S/C15H17BrN2/c1-10-6-7-12(18-9-10)8-15(17)13-4-3-5-14(16)11(13)2/h3-7,9,15H,8,17H2,1-2H3. The van der Waals surface area contributed by atoms with Crippen LogP contribution in [0.3, 0.4) is 0 Å². The Balaban J connectivity index is 2.19. The molecular weight excluding hydrogens is 288 g/mol. The zero-order chi connectivity index (χ0) is 13.1. The van der Waals surface area contributed by atoms with Crippen LogP contribution in [0.2, 0.25) is 0 Å². The molecule has 2 aromatic rings. The van der Waals surface area contributed by atoms with Crippen molar-refractivity contribution in [2.24, 2.45) is 5.73 Å². The highest BCUT2D eigenvalue weighted by Gasteiger charge is 2.11. The maximum absolute atomic E-state index is 6.27. The number of nitrogens with zero attached hydrogens (tertiary/aromatic N) is 1. The van der Waals surface area contributed by atoms with Gasteiger partial charge in [-0.3, -0.25) is 4.98 Å². The van der Waals surface area contributed by atoms with Crippen LogP contribution in [-0.4, -0.2) is 4.98 Å². The Labute approximate surface area is 116 Å². The van der Waals surface area contributed by atoms with Crippen LogP contribution in [0.15, 0.2) is 41.0 Å². The Morgan fingerprint density at radius 2 is 2.00 bits per heavy atom. The highest BCUT2D eigenvalue weighted by molar-refractivity contribution is 9.10. The van der Waals surface area contributed by atoms with Crippen molar-refractivity contribution in [1.29, 1.82) is 0 Å². The zero-order valence-electron chi connectivity index (χ0n) is 10.7. The van der Waals surface area contributed by atoms with E-state index in [9.17, 15) is 0 Å². The molecule has 0 amide bonds. The van der Waals surface area contributed by atoms with Crippen molar-refractivity contribution < 1.29 is 0 Å². The van der Waals surface area contributed by atoms with Crippen molar-refractivity contribution in [1.82, 2.24) is 4.98 Å². The Bertz CT molecular complexity index is 535. The van der Waals surface area contributed by atoms with E-state index >= 15 is 0 Å². The lowest BCUT2D eigenvalue weighted by molar-refractivity contribution is 0.701. The van der Waals surface area contributed by atoms with Gasteiger partial charge in [-0.1, -0.05) is 34.1 Å². The lowest BCUT2D eigenvalue weighted by Gasteiger charge is -2.15. The number of nitrogens with two attached hydrogens (primary N) is 1. The number of hydrogen-bond donors (Lipinski definition) is 1. The van der Waals surface area contributed by atoms with E-state index < -0.39 is 0 Å². The predicted molar refractivity (Wildman–Crippen MR) is 78.5 cm³/mol. The van der Waals surface area contributed by atoms with Gasteiger partial charge in [-0.2, -0.15) is 0 Å². The molecule has 94 valence electrons. The minimum atomic E-state index is -0.0160. The van der Waals surface area contributed by atoms with Crippen LogP contribution in [-0.2, 0) is 6.42 Å². The molecule has 1 aromatic carbocycles. The molecule has 1 atom stereocenters. The van der Waals surface area contributed by atoms with E-state index in [2.05, 4.69) is 40.0 Å². The van der Waals surface area contributed by atoms with E-state index in [0.29, 0.717) is 0 Å². The molecule has 3 heteroatoms. The van der Waals surface area contributed by atoms with Crippen molar-refractivity contribution in [3.8, 4) is 0 Å². The number of aromatic nitrogens is 1. The molecule has 1 unspecified atom stereocenters. The molecule has 0 saturated heterocycles. The smallest absolute Gasteiger partial charge is 0.0422 e. The third-order valence-corrected chi connectivity index (χ3v) is 3.97. The molecule has 0 radical (unpaired) electrons. The number of benzene rings is 1. The maximum Gasteiger partial charge on any atom is 0.0422 e. The van der Waals surface area contributed by atoms with Crippen molar-refractivity contribution in [2.75, 3.05) is 0 Å². The van der Waals surface area contributed by atoms with Gasteiger partial charge in [0.1, 0.15) is 0 Å². The quantitative estimate of drug-likeness (QED) is 0.939. The van der Waals surface area contributed by atoms with E-state index in [4.69, 9.17) is 5.73 Å². The normalized spacial score (nSPS) is 12.4. The topological polar surface area (TPSA) is 38.9 Å². The van der Waals surface area contributed by atoms with Crippen LogP contribution in [0.4, 0.5) is 0 Å². The van der Waals surface area contributed by atoms with Gasteiger partial charge in [0, 0.05) is 28.8 Å². The van der Waals surface area contributed by atoms with Gasteiger partial charge >= 0.3 is 0 Å². The molecule has 0 aliphatic heterocycles. The Morgan fingerprint density at radius 1 is 1.22 bits per heavy atom. The molecule has 0 bridgehead atoms. The Kier molecular flexibility index (Phi) is 4.15. The van der Waals surface area contributed by atoms with Gasteiger partial charge in [0.2, 0.25) is 0 Å². The lowest BCUT2D eigenvalue weighted by atomic mass is 9.98. The molecule has 18 heavy (non-hydrogen) atoms. The Morgan fingerprint density at radius 3 is 2.67 bits per heavy atom. The summed E-state index contributed by atoms with van der Waals surface area (Å²) in [4.78, 5) is 4.40. The fourth-order valence-electron chi connectivity index (χ4n) is 1.98. The van der Waals surface area contributed by atoms with Crippen LogP contribution in [0.1, 0.15) is 28.4 Å².